The number of aromatic nitrogens is 2. The fraction of sp³-hybridized carbons (Fsp3) is 0.194. The Morgan fingerprint density at radius 3 is 1.46 bits per heavy atom. The van der Waals surface area contributed by atoms with Gasteiger partial charge in [0.25, 0.3) is 0 Å². The average molecular weight is 623 g/mol. The minimum Gasteiger partial charge on any atom is -0.493 e. The number of methoxy groups -OCH3 is 4. The maximum absolute atomic E-state index is 12.7. The van der Waals surface area contributed by atoms with E-state index in [9.17, 15) is 9.59 Å². The summed E-state index contributed by atoms with van der Waals surface area (Å²) in [5.41, 5.74) is 3.51. The first-order valence-corrected chi connectivity index (χ1v) is 14.3. The summed E-state index contributed by atoms with van der Waals surface area (Å²) in [6.07, 6.45) is 1.94. The van der Waals surface area contributed by atoms with Crippen molar-refractivity contribution in [2.45, 2.75) is 0 Å². The molecule has 0 radical (unpaired) electrons. The lowest BCUT2D eigenvalue weighted by Gasteiger charge is -2.10. The lowest BCUT2D eigenvalue weighted by molar-refractivity contribution is 0.0914. The third-order valence-corrected chi connectivity index (χ3v) is 7.29. The number of benzene rings is 4. The molecule has 1 aromatic heterocycles. The van der Waals surface area contributed by atoms with Gasteiger partial charge in [-0.3, -0.25) is 9.59 Å². The molecule has 4 aromatic carbocycles. The summed E-state index contributed by atoms with van der Waals surface area (Å²) >= 11 is 0. The number of rotatable bonds is 14. The first-order valence-electron chi connectivity index (χ1n) is 14.3. The highest BCUT2D eigenvalue weighted by molar-refractivity contribution is 5.98. The summed E-state index contributed by atoms with van der Waals surface area (Å²) in [6.45, 7) is -0.238. The lowest BCUT2D eigenvalue weighted by Crippen LogP contribution is -2.11. The molecule has 5 aromatic rings. The molecule has 0 aliphatic carbocycles. The summed E-state index contributed by atoms with van der Waals surface area (Å²) in [5.74, 6) is 3.60. The fourth-order valence-electron chi connectivity index (χ4n) is 4.78. The highest BCUT2D eigenvalue weighted by Gasteiger charge is 2.15. The SMILES string of the molecule is COc1ccc(C(=O)COc2ccc(-c3cn(C)c(-c4ccc(OCC(=O)c5ccc(OC)c(OC)c5)cc4)n3)cc2)cc1OC. The molecule has 0 aliphatic rings. The monoisotopic (exact) mass is 622 g/mol. The second-order valence-corrected chi connectivity index (χ2v) is 10.2. The standard InChI is InChI=1S/C36H34N2O8/c1-38-20-29(23-6-12-27(13-7-23)45-21-30(39)25-10-16-32(41-2)34(18-25)43-4)37-36(38)24-8-14-28(15-9-24)46-22-31(40)26-11-17-33(42-3)35(19-26)44-5/h6-20H,21-22H2,1-5H3. The summed E-state index contributed by atoms with van der Waals surface area (Å²) in [4.78, 5) is 30.2. The Bertz CT molecular complexity index is 1830. The molecule has 0 saturated carbocycles. The van der Waals surface area contributed by atoms with Gasteiger partial charge < -0.3 is 33.0 Å². The van der Waals surface area contributed by atoms with Gasteiger partial charge >= 0.3 is 0 Å². The molecule has 0 unspecified atom stereocenters. The summed E-state index contributed by atoms with van der Waals surface area (Å²) in [7, 11) is 8.06. The number of imidazole rings is 1. The fourth-order valence-corrected chi connectivity index (χ4v) is 4.78. The van der Waals surface area contributed by atoms with Crippen molar-refractivity contribution in [1.82, 2.24) is 9.55 Å². The summed E-state index contributed by atoms with van der Waals surface area (Å²) in [6, 6.07) is 24.8. The van der Waals surface area contributed by atoms with Crippen molar-refractivity contribution in [2.24, 2.45) is 7.05 Å². The zero-order valence-electron chi connectivity index (χ0n) is 26.2. The van der Waals surface area contributed by atoms with E-state index in [0.717, 1.165) is 22.6 Å². The van der Waals surface area contributed by atoms with E-state index in [4.69, 9.17) is 33.4 Å². The van der Waals surface area contributed by atoms with Crippen LogP contribution in [0.15, 0.2) is 91.1 Å². The van der Waals surface area contributed by atoms with Crippen molar-refractivity contribution in [3.05, 3.63) is 102 Å². The molecule has 1 heterocycles. The van der Waals surface area contributed by atoms with Crippen LogP contribution in [0.4, 0.5) is 0 Å². The molecule has 0 atom stereocenters. The number of nitrogens with zero attached hydrogens (tertiary/aromatic N) is 2. The number of carbonyl (C=O) groups is 2. The molecule has 0 saturated heterocycles. The molecule has 10 nitrogen and oxygen atoms in total. The van der Waals surface area contributed by atoms with Crippen molar-refractivity contribution in [3.63, 3.8) is 0 Å². The number of carbonyl (C=O) groups excluding carboxylic acids is 2. The second kappa shape index (κ2) is 14.3. The Labute approximate surface area is 267 Å². The van der Waals surface area contributed by atoms with Gasteiger partial charge in [0.05, 0.1) is 34.1 Å². The highest BCUT2D eigenvalue weighted by Crippen LogP contribution is 2.30. The van der Waals surface area contributed by atoms with E-state index in [1.165, 1.54) is 14.2 Å². The van der Waals surface area contributed by atoms with E-state index in [1.807, 2.05) is 42.1 Å². The van der Waals surface area contributed by atoms with Crippen LogP contribution in [0.3, 0.4) is 0 Å². The van der Waals surface area contributed by atoms with Crippen LogP contribution in [-0.4, -0.2) is 62.8 Å². The molecule has 46 heavy (non-hydrogen) atoms. The van der Waals surface area contributed by atoms with E-state index >= 15 is 0 Å². The van der Waals surface area contributed by atoms with Crippen LogP contribution in [0.25, 0.3) is 22.6 Å². The van der Waals surface area contributed by atoms with Gasteiger partial charge in [-0.15, -0.1) is 0 Å². The number of ether oxygens (including phenoxy) is 6. The number of hydrogen-bond donors (Lipinski definition) is 0. The van der Waals surface area contributed by atoms with Crippen molar-refractivity contribution in [2.75, 3.05) is 41.7 Å². The van der Waals surface area contributed by atoms with E-state index in [1.54, 1.807) is 74.9 Å². The van der Waals surface area contributed by atoms with Gasteiger partial charge in [0.1, 0.15) is 17.3 Å². The topological polar surface area (TPSA) is 107 Å². The molecule has 0 spiro atoms. The van der Waals surface area contributed by atoms with Crippen LogP contribution in [0, 0.1) is 0 Å². The third kappa shape index (κ3) is 7.13. The van der Waals surface area contributed by atoms with E-state index in [0.29, 0.717) is 45.6 Å². The normalized spacial score (nSPS) is 10.6. The van der Waals surface area contributed by atoms with Gasteiger partial charge in [-0.2, -0.15) is 0 Å². The Morgan fingerprint density at radius 1 is 0.587 bits per heavy atom. The van der Waals surface area contributed by atoms with Crippen LogP contribution in [0.1, 0.15) is 20.7 Å². The Balaban J connectivity index is 1.18. The first-order chi connectivity index (χ1) is 22.3. The van der Waals surface area contributed by atoms with Crippen LogP contribution >= 0.6 is 0 Å². The molecule has 10 heteroatoms. The van der Waals surface area contributed by atoms with Crippen LogP contribution in [0.2, 0.25) is 0 Å². The van der Waals surface area contributed by atoms with Crippen LogP contribution in [0.5, 0.6) is 34.5 Å². The number of Topliss-reactive ketones (excluding diaryl/α,β-unsaturated/α-hetero) is 2. The van der Waals surface area contributed by atoms with Crippen molar-refractivity contribution in [1.29, 1.82) is 0 Å². The molecule has 0 amide bonds. The van der Waals surface area contributed by atoms with E-state index in [2.05, 4.69) is 0 Å². The third-order valence-electron chi connectivity index (χ3n) is 7.29. The smallest absolute Gasteiger partial charge is 0.200 e. The maximum atomic E-state index is 12.7. The zero-order chi connectivity index (χ0) is 32.6. The van der Waals surface area contributed by atoms with Gasteiger partial charge in [-0.05, 0) is 84.9 Å². The molecule has 5 rings (SSSR count). The minimum absolute atomic E-state index is 0.118. The number of ketones is 2. The Hall–Kier alpha value is -5.77. The van der Waals surface area contributed by atoms with Gasteiger partial charge in [-0.25, -0.2) is 4.98 Å². The molecule has 0 aliphatic heterocycles. The molecule has 0 bridgehead atoms. The molecule has 0 N–H and O–H groups in total. The van der Waals surface area contributed by atoms with Crippen molar-refractivity contribution >= 4 is 11.6 Å². The molecule has 236 valence electrons. The van der Waals surface area contributed by atoms with E-state index in [-0.39, 0.29) is 24.8 Å². The average Bonchev–Trinajstić information content (AvgIpc) is 3.50. The Morgan fingerprint density at radius 2 is 1.02 bits per heavy atom. The van der Waals surface area contributed by atoms with Gasteiger partial charge in [0.2, 0.25) is 0 Å². The largest absolute Gasteiger partial charge is 0.493 e. The second-order valence-electron chi connectivity index (χ2n) is 10.2. The van der Waals surface area contributed by atoms with Crippen molar-refractivity contribution < 1.29 is 38.0 Å². The number of hydrogen-bond acceptors (Lipinski definition) is 9. The summed E-state index contributed by atoms with van der Waals surface area (Å²) in [5, 5.41) is 0. The zero-order valence-corrected chi connectivity index (χ0v) is 26.2. The predicted octanol–water partition coefficient (Wildman–Crippen LogP) is 6.31. The molecule has 0 fully saturated rings. The molecular formula is C36H34N2O8. The van der Waals surface area contributed by atoms with E-state index < -0.39 is 0 Å². The quantitative estimate of drug-likeness (QED) is 0.132. The van der Waals surface area contributed by atoms with Crippen LogP contribution in [-0.2, 0) is 7.05 Å². The highest BCUT2D eigenvalue weighted by atomic mass is 16.5. The predicted molar refractivity (Wildman–Crippen MR) is 173 cm³/mol. The summed E-state index contributed by atoms with van der Waals surface area (Å²) < 4.78 is 34.5. The molecular weight excluding hydrogens is 588 g/mol. The first kappa shape index (κ1) is 31.6. The maximum Gasteiger partial charge on any atom is 0.200 e. The van der Waals surface area contributed by atoms with Gasteiger partial charge in [0.15, 0.2) is 47.8 Å². The minimum atomic E-state index is -0.181. The van der Waals surface area contributed by atoms with Gasteiger partial charge in [0, 0.05) is 35.5 Å². The lowest BCUT2D eigenvalue weighted by atomic mass is 10.1. The van der Waals surface area contributed by atoms with Crippen molar-refractivity contribution in [3.8, 4) is 57.1 Å². The Kier molecular flexibility index (Phi) is 9.87. The van der Waals surface area contributed by atoms with Gasteiger partial charge in [-0.1, -0.05) is 0 Å². The number of aryl methyl sites for hydroxylation is 1. The van der Waals surface area contributed by atoms with Crippen LogP contribution < -0.4 is 28.4 Å².